The van der Waals surface area contributed by atoms with E-state index < -0.39 is 21.7 Å². The quantitative estimate of drug-likeness (QED) is 0.240. The number of cyclic esters (lactones) is 1. The number of anilines is 1. The molecular weight excluding hydrogens is 636 g/mol. The summed E-state index contributed by atoms with van der Waals surface area (Å²) in [6.45, 7) is 6.27. The highest BCUT2D eigenvalue weighted by Crippen LogP contribution is 2.47. The second-order valence-corrected chi connectivity index (χ2v) is 17.2. The van der Waals surface area contributed by atoms with E-state index in [-0.39, 0.29) is 34.6 Å². The largest absolute Gasteiger partial charge is 0.490 e. The average Bonchev–Trinajstić information content (AvgIpc) is 3.36. The van der Waals surface area contributed by atoms with Crippen molar-refractivity contribution in [2.45, 2.75) is 81.7 Å². The van der Waals surface area contributed by atoms with E-state index in [0.29, 0.717) is 37.5 Å². The van der Waals surface area contributed by atoms with Gasteiger partial charge in [0.15, 0.2) is 6.10 Å². The number of rotatable bonds is 2. The summed E-state index contributed by atoms with van der Waals surface area (Å²) in [6, 6.07) is 11.8. The number of fused-ring (bicyclic) bond motifs is 4. The topological polar surface area (TPSA) is 94.2 Å². The smallest absolute Gasteiger partial charge is 0.335 e. The van der Waals surface area contributed by atoms with Crippen molar-refractivity contribution in [1.82, 2.24) is 4.72 Å². The molecule has 1 unspecified atom stereocenters. The molecule has 2 aliphatic carbocycles. The number of halogens is 1. The van der Waals surface area contributed by atoms with E-state index in [1.807, 2.05) is 32.0 Å². The van der Waals surface area contributed by atoms with Crippen LogP contribution in [0.4, 0.5) is 5.69 Å². The van der Waals surface area contributed by atoms with Crippen LogP contribution >= 0.6 is 11.6 Å². The molecule has 3 aliphatic heterocycles. The van der Waals surface area contributed by atoms with Gasteiger partial charge in [0.2, 0.25) is 0 Å². The van der Waals surface area contributed by atoms with Crippen molar-refractivity contribution in [3.05, 3.63) is 70.3 Å². The molecule has 2 bridgehead atoms. The first-order chi connectivity index (χ1) is 22.5. The summed E-state index contributed by atoms with van der Waals surface area (Å²) < 4.78 is 35.0. The zero-order chi connectivity index (χ0) is 32.9. The van der Waals surface area contributed by atoms with Gasteiger partial charge in [0.25, 0.3) is 5.91 Å². The highest BCUT2D eigenvalue weighted by Gasteiger charge is 2.45. The first-order valence-electron chi connectivity index (χ1n) is 17.0. The second-order valence-electron chi connectivity index (χ2n) is 14.3. The summed E-state index contributed by atoms with van der Waals surface area (Å²) >= 11 is 6.45. The number of amides is 1. The summed E-state index contributed by atoms with van der Waals surface area (Å²) in [6.07, 6.45) is 9.60. The minimum atomic E-state index is -2.97. The molecule has 5 aliphatic rings. The molecule has 8 nitrogen and oxygen atoms in total. The minimum Gasteiger partial charge on any atom is -0.490 e. The van der Waals surface area contributed by atoms with E-state index in [4.69, 9.17) is 25.8 Å². The van der Waals surface area contributed by atoms with Gasteiger partial charge in [-0.15, -0.1) is 0 Å². The fourth-order valence-corrected chi connectivity index (χ4v) is 9.85. The number of benzene rings is 2. The highest BCUT2D eigenvalue weighted by atomic mass is 35.5. The van der Waals surface area contributed by atoms with Crippen molar-refractivity contribution < 1.29 is 28.0 Å². The highest BCUT2D eigenvalue weighted by molar-refractivity contribution is 7.99. The van der Waals surface area contributed by atoms with Crippen LogP contribution in [0.3, 0.4) is 0 Å². The van der Waals surface area contributed by atoms with E-state index in [0.717, 1.165) is 61.7 Å². The zero-order valence-electron chi connectivity index (χ0n) is 27.3. The van der Waals surface area contributed by atoms with Crippen LogP contribution in [-0.2, 0) is 35.8 Å². The van der Waals surface area contributed by atoms with E-state index in [1.165, 1.54) is 11.1 Å². The molecular formula is C37H45ClN2O6S. The molecule has 1 saturated carbocycles. The summed E-state index contributed by atoms with van der Waals surface area (Å²) in [5.74, 6) is 4.53. The maximum absolute atomic E-state index is 13.8. The van der Waals surface area contributed by atoms with E-state index >= 15 is 0 Å². The van der Waals surface area contributed by atoms with Crippen LogP contribution in [0.5, 0.6) is 5.75 Å². The molecule has 2 fully saturated rings. The van der Waals surface area contributed by atoms with E-state index in [9.17, 15) is 13.8 Å². The van der Waals surface area contributed by atoms with Gasteiger partial charge in [-0.1, -0.05) is 36.7 Å². The Bertz CT molecular complexity index is 1690. The molecule has 252 valence electrons. The predicted octanol–water partition coefficient (Wildman–Crippen LogP) is 5.89. The number of ether oxygens (including phenoxy) is 3. The lowest BCUT2D eigenvalue weighted by atomic mass is 9.68. The number of nitrogens with one attached hydrogen (secondary N) is 1. The molecule has 1 saturated heterocycles. The molecule has 1 spiro atoms. The monoisotopic (exact) mass is 680 g/mol. The maximum atomic E-state index is 13.8. The van der Waals surface area contributed by atoms with Gasteiger partial charge in [-0.05, 0) is 111 Å². The van der Waals surface area contributed by atoms with Gasteiger partial charge >= 0.3 is 5.97 Å². The number of nitrogens with zero attached hydrogens (tertiary/aromatic N) is 1. The number of carbonyl (C=O) groups is 2. The van der Waals surface area contributed by atoms with Gasteiger partial charge in [0.1, 0.15) is 5.75 Å². The Morgan fingerprint density at radius 1 is 1.11 bits per heavy atom. The third-order valence-electron chi connectivity index (χ3n) is 11.4. The van der Waals surface area contributed by atoms with Crippen molar-refractivity contribution in [2.75, 3.05) is 31.2 Å². The predicted molar refractivity (Wildman–Crippen MR) is 186 cm³/mol. The lowest BCUT2D eigenvalue weighted by Gasteiger charge is -2.46. The fourth-order valence-electron chi connectivity index (χ4n) is 8.18. The summed E-state index contributed by atoms with van der Waals surface area (Å²) in [5.41, 5.74) is 3.58. The molecule has 2 aromatic carbocycles. The van der Waals surface area contributed by atoms with Crippen molar-refractivity contribution >= 4 is 44.7 Å². The van der Waals surface area contributed by atoms with Crippen LogP contribution in [0.2, 0.25) is 5.02 Å². The third-order valence-corrected chi connectivity index (χ3v) is 13.8. The van der Waals surface area contributed by atoms with Crippen LogP contribution in [0.15, 0.2) is 48.6 Å². The normalized spacial score (nSPS) is 36.2. The van der Waals surface area contributed by atoms with Gasteiger partial charge < -0.3 is 19.1 Å². The molecule has 0 aromatic heterocycles. The summed E-state index contributed by atoms with van der Waals surface area (Å²) in [7, 11) is -2.97. The summed E-state index contributed by atoms with van der Waals surface area (Å²) in [4.78, 5) is 28.5. The van der Waals surface area contributed by atoms with Gasteiger partial charge in [-0.3, -0.25) is 9.52 Å². The van der Waals surface area contributed by atoms with E-state index in [1.54, 1.807) is 6.07 Å². The van der Waals surface area contributed by atoms with Crippen molar-refractivity contribution in [3.63, 3.8) is 0 Å². The van der Waals surface area contributed by atoms with Crippen LogP contribution in [0.25, 0.3) is 0 Å². The van der Waals surface area contributed by atoms with E-state index in [2.05, 4.69) is 39.8 Å². The lowest BCUT2D eigenvalue weighted by Crippen LogP contribution is -2.50. The molecule has 1 N–H and O–H groups in total. The fraction of sp³-hybridized carbons (Fsp3) is 0.541. The number of allylic oxidation sites excluding steroid dienone is 1. The Kier molecular flexibility index (Phi) is 8.85. The minimum absolute atomic E-state index is 0.0147. The van der Waals surface area contributed by atoms with Gasteiger partial charge in [0, 0.05) is 40.8 Å². The molecule has 47 heavy (non-hydrogen) atoms. The second kappa shape index (κ2) is 12.8. The lowest BCUT2D eigenvalue weighted by molar-refractivity contribution is -0.152. The molecule has 1 amide bonds. The van der Waals surface area contributed by atoms with Crippen LogP contribution in [0.1, 0.15) is 73.9 Å². The standard InChI is InChI=1S/C37H45ClN2O6S/c1-23-6-4-8-32(46-34-15-17-44-36(34)42)29-12-9-27(29)20-40-21-37(16-5-7-25-18-28(38)11-13-30(25)37)22-45-33-14-10-26(19-31(33)40)35(41)39-47(3,43)24(23)2/h4,8,10-11,13-14,18-19,23-24,27,29,32,34H,3,5-7,9,12,15-17,20-22H2,1-2H3,(H,39,41,43)/b8-4+/t23-,24+,27-,29+,32-,34+,37-,47?/m0/s1. The molecule has 2 aromatic rings. The SMILES string of the molecule is C=S1(=O)NC(=O)c2ccc3c(c2)N(C[C@@H]2CC[C@H]2[C@@H](O[C@@H]2CCOC2=O)/C=C/C[C@H](C)[C@H]1C)C[C@@]1(CCCc2cc(Cl)ccc21)CO3. The van der Waals surface area contributed by atoms with Gasteiger partial charge in [-0.2, -0.15) is 0 Å². The van der Waals surface area contributed by atoms with Gasteiger partial charge in [0.05, 0.1) is 34.7 Å². The Hall–Kier alpha value is -3.01. The van der Waals surface area contributed by atoms with Gasteiger partial charge in [-0.25, -0.2) is 9.00 Å². The molecule has 7 rings (SSSR count). The Morgan fingerprint density at radius 2 is 1.96 bits per heavy atom. The first-order valence-corrected chi connectivity index (χ1v) is 19.2. The van der Waals surface area contributed by atoms with Crippen LogP contribution in [0, 0.1) is 17.8 Å². The zero-order valence-corrected chi connectivity index (χ0v) is 28.8. The molecule has 8 atom stereocenters. The number of hydrogen-bond donors (Lipinski definition) is 1. The maximum Gasteiger partial charge on any atom is 0.335 e. The number of esters is 1. The average molecular weight is 681 g/mol. The van der Waals surface area contributed by atoms with Crippen molar-refractivity contribution in [1.29, 1.82) is 0 Å². The van der Waals surface area contributed by atoms with Crippen LogP contribution in [-0.4, -0.2) is 65.7 Å². The number of carbonyl (C=O) groups excluding carboxylic acids is 2. The summed E-state index contributed by atoms with van der Waals surface area (Å²) in [5, 5.41) is 0.373. The number of hydrogen-bond acceptors (Lipinski definition) is 7. The Balaban J connectivity index is 1.29. The van der Waals surface area contributed by atoms with Crippen molar-refractivity contribution in [3.8, 4) is 5.75 Å². The third kappa shape index (κ3) is 6.31. The first kappa shape index (κ1) is 32.5. The van der Waals surface area contributed by atoms with Crippen LogP contribution < -0.4 is 14.4 Å². The molecule has 10 heteroatoms. The molecule has 3 heterocycles. The Morgan fingerprint density at radius 3 is 2.72 bits per heavy atom. The van der Waals surface area contributed by atoms with Crippen molar-refractivity contribution in [2.24, 2.45) is 17.8 Å². The molecule has 0 radical (unpaired) electrons. The Labute approximate surface area is 283 Å². The number of aryl methyl sites for hydroxylation is 1.